The zero-order chi connectivity index (χ0) is 18.4. The first-order valence-corrected chi connectivity index (χ1v) is 10.3. The monoisotopic (exact) mass is 386 g/mol. The highest BCUT2D eigenvalue weighted by Gasteiger charge is 2.19. The average molecular weight is 386 g/mol. The van der Waals surface area contributed by atoms with E-state index in [4.69, 9.17) is 0 Å². The Morgan fingerprint density at radius 3 is 2.52 bits per heavy atom. The number of nitrogens with zero attached hydrogens (tertiary/aromatic N) is 2. The summed E-state index contributed by atoms with van der Waals surface area (Å²) in [5.74, 6) is -0.405. The molecule has 0 atom stereocenters. The lowest BCUT2D eigenvalue weighted by Gasteiger charge is -2.12. The van der Waals surface area contributed by atoms with Gasteiger partial charge in [0.15, 0.2) is 0 Å². The van der Waals surface area contributed by atoms with E-state index in [1.165, 1.54) is 32.4 Å². The van der Waals surface area contributed by atoms with Gasteiger partial charge < -0.3 is 5.32 Å². The summed E-state index contributed by atoms with van der Waals surface area (Å²) in [7, 11) is -0.636. The van der Waals surface area contributed by atoms with Crippen LogP contribution in [0.3, 0.4) is 0 Å². The van der Waals surface area contributed by atoms with Crippen LogP contribution in [0.4, 0.5) is 4.79 Å². The van der Waals surface area contributed by atoms with Crippen LogP contribution < -0.4 is 10.6 Å². The molecule has 1 heterocycles. The molecule has 2 N–H and O–H groups in total. The van der Waals surface area contributed by atoms with E-state index in [1.54, 1.807) is 0 Å². The number of amides is 3. The third-order valence-corrected chi connectivity index (χ3v) is 6.52. The molecule has 1 fully saturated rings. The zero-order valence-electron chi connectivity index (χ0n) is 14.2. The summed E-state index contributed by atoms with van der Waals surface area (Å²) in [4.78, 5) is 27.6. The number of imide groups is 1. The van der Waals surface area contributed by atoms with Crippen molar-refractivity contribution in [2.24, 2.45) is 0 Å². The minimum Gasteiger partial charge on any atom is -0.335 e. The predicted octanol–water partition coefficient (Wildman–Crippen LogP) is 1.19. The molecule has 1 aliphatic rings. The average Bonchev–Trinajstić information content (AvgIpc) is 3.06. The summed E-state index contributed by atoms with van der Waals surface area (Å²) in [6.07, 6.45) is 5.34. The Hall–Kier alpha value is -1.65. The summed E-state index contributed by atoms with van der Waals surface area (Å²) >= 11 is 1.13. The van der Waals surface area contributed by atoms with E-state index in [9.17, 15) is 18.0 Å². The van der Waals surface area contributed by atoms with E-state index < -0.39 is 22.0 Å². The molecule has 1 aliphatic carbocycles. The number of rotatable bonds is 6. The molecule has 0 spiro atoms. The second-order valence-corrected chi connectivity index (χ2v) is 9.06. The molecule has 0 aromatic carbocycles. The van der Waals surface area contributed by atoms with Gasteiger partial charge in [-0.25, -0.2) is 22.5 Å². The van der Waals surface area contributed by atoms with E-state index in [2.05, 4.69) is 15.6 Å². The maximum absolute atomic E-state index is 11.9. The molecule has 0 radical (unpaired) electrons. The van der Waals surface area contributed by atoms with Crippen LogP contribution in [0, 0.1) is 0 Å². The van der Waals surface area contributed by atoms with Gasteiger partial charge in [0.25, 0.3) is 0 Å². The smallest absolute Gasteiger partial charge is 0.321 e. The third-order valence-electron chi connectivity index (χ3n) is 3.78. The van der Waals surface area contributed by atoms with Crippen LogP contribution in [0.2, 0.25) is 0 Å². The number of urea groups is 1. The zero-order valence-corrected chi connectivity index (χ0v) is 15.8. The molecule has 8 nitrogen and oxygen atoms in total. The van der Waals surface area contributed by atoms with Crippen molar-refractivity contribution in [3.05, 3.63) is 18.3 Å². The van der Waals surface area contributed by atoms with Crippen LogP contribution in [0.25, 0.3) is 0 Å². The van der Waals surface area contributed by atoms with E-state index in [0.29, 0.717) is 5.03 Å². The van der Waals surface area contributed by atoms with Gasteiger partial charge in [0.2, 0.25) is 15.9 Å². The number of carbonyl (C=O) groups excluding carboxylic acids is 2. The SMILES string of the molecule is CN(C)S(=O)(=O)c1ccc(SCC(=O)NC(=O)NC2CCCC2)nc1. The van der Waals surface area contributed by atoms with Crippen molar-refractivity contribution in [3.63, 3.8) is 0 Å². The maximum Gasteiger partial charge on any atom is 0.321 e. The molecular formula is C15H22N4O4S2. The molecule has 3 amide bonds. The molecule has 1 saturated carbocycles. The molecule has 0 unspecified atom stereocenters. The van der Waals surface area contributed by atoms with Crippen LogP contribution in [0.5, 0.6) is 0 Å². The van der Waals surface area contributed by atoms with Crippen molar-refractivity contribution in [2.45, 2.75) is 41.6 Å². The van der Waals surface area contributed by atoms with Gasteiger partial charge in [-0.3, -0.25) is 10.1 Å². The minimum atomic E-state index is -3.52. The third kappa shape index (κ3) is 5.68. The Labute approximate surface area is 151 Å². The fraction of sp³-hybridized carbons (Fsp3) is 0.533. The first-order chi connectivity index (χ1) is 11.8. The van der Waals surface area contributed by atoms with Crippen molar-refractivity contribution < 1.29 is 18.0 Å². The topological polar surface area (TPSA) is 108 Å². The van der Waals surface area contributed by atoms with Crippen LogP contribution in [-0.4, -0.2) is 55.5 Å². The molecule has 138 valence electrons. The van der Waals surface area contributed by atoms with Gasteiger partial charge in [-0.1, -0.05) is 24.6 Å². The highest BCUT2D eigenvalue weighted by molar-refractivity contribution is 7.99. The largest absolute Gasteiger partial charge is 0.335 e. The standard InChI is InChI=1S/C15H22N4O4S2/c1-19(2)25(22,23)12-7-8-14(16-9-12)24-10-13(20)18-15(21)17-11-5-3-4-6-11/h7-9,11H,3-6,10H2,1-2H3,(H2,17,18,20,21). The quantitative estimate of drug-likeness (QED) is 0.711. The van der Waals surface area contributed by atoms with Gasteiger partial charge in [0, 0.05) is 26.3 Å². The van der Waals surface area contributed by atoms with E-state index >= 15 is 0 Å². The second kappa shape index (κ2) is 8.63. The normalized spacial score (nSPS) is 15.3. The Morgan fingerprint density at radius 1 is 1.28 bits per heavy atom. The van der Waals surface area contributed by atoms with Crippen LogP contribution in [0.15, 0.2) is 28.3 Å². The van der Waals surface area contributed by atoms with Crippen molar-refractivity contribution in [1.82, 2.24) is 19.9 Å². The minimum absolute atomic E-state index is 0.0187. The van der Waals surface area contributed by atoms with Gasteiger partial charge in [-0.15, -0.1) is 0 Å². The maximum atomic E-state index is 11.9. The Balaban J connectivity index is 1.80. The fourth-order valence-corrected chi connectivity index (χ4v) is 3.90. The Kier molecular flexibility index (Phi) is 6.79. The number of nitrogens with one attached hydrogen (secondary N) is 2. The number of sulfonamides is 1. The van der Waals surface area contributed by atoms with Crippen molar-refractivity contribution in [1.29, 1.82) is 0 Å². The molecule has 0 saturated heterocycles. The number of hydrogen-bond acceptors (Lipinski definition) is 6. The Morgan fingerprint density at radius 2 is 1.96 bits per heavy atom. The van der Waals surface area contributed by atoms with E-state index in [1.807, 2.05) is 0 Å². The molecule has 25 heavy (non-hydrogen) atoms. The number of hydrogen-bond donors (Lipinski definition) is 2. The molecule has 0 bridgehead atoms. The lowest BCUT2D eigenvalue weighted by molar-refractivity contribution is -0.117. The lowest BCUT2D eigenvalue weighted by Crippen LogP contribution is -2.44. The van der Waals surface area contributed by atoms with Gasteiger partial charge in [0.1, 0.15) is 4.90 Å². The van der Waals surface area contributed by atoms with E-state index in [0.717, 1.165) is 41.8 Å². The van der Waals surface area contributed by atoms with Crippen molar-refractivity contribution in [3.8, 4) is 0 Å². The van der Waals surface area contributed by atoms with Gasteiger partial charge in [0.05, 0.1) is 10.8 Å². The molecule has 1 aromatic heterocycles. The van der Waals surface area contributed by atoms with Crippen LogP contribution >= 0.6 is 11.8 Å². The molecular weight excluding hydrogens is 364 g/mol. The highest BCUT2D eigenvalue weighted by Crippen LogP contribution is 2.19. The highest BCUT2D eigenvalue weighted by atomic mass is 32.2. The van der Waals surface area contributed by atoms with E-state index in [-0.39, 0.29) is 16.7 Å². The number of pyridine rings is 1. The summed E-state index contributed by atoms with van der Waals surface area (Å²) < 4.78 is 25.0. The Bertz CT molecular complexity index is 714. The first kappa shape index (κ1) is 19.7. The predicted molar refractivity (Wildman–Crippen MR) is 94.8 cm³/mol. The van der Waals surface area contributed by atoms with Crippen molar-refractivity contribution in [2.75, 3.05) is 19.8 Å². The molecule has 1 aromatic rings. The number of thioether (sulfide) groups is 1. The van der Waals surface area contributed by atoms with Crippen molar-refractivity contribution >= 4 is 33.7 Å². The van der Waals surface area contributed by atoms with Gasteiger partial charge in [-0.2, -0.15) is 0 Å². The summed E-state index contributed by atoms with van der Waals surface area (Å²) in [5.41, 5.74) is 0. The lowest BCUT2D eigenvalue weighted by atomic mass is 10.2. The molecule has 10 heteroatoms. The van der Waals surface area contributed by atoms with Gasteiger partial charge in [-0.05, 0) is 25.0 Å². The summed E-state index contributed by atoms with van der Waals surface area (Å²) in [6.45, 7) is 0. The number of aromatic nitrogens is 1. The van der Waals surface area contributed by atoms with Gasteiger partial charge >= 0.3 is 6.03 Å². The summed E-state index contributed by atoms with van der Waals surface area (Å²) in [6, 6.07) is 2.65. The molecule has 2 rings (SSSR count). The fourth-order valence-electron chi connectivity index (χ4n) is 2.41. The first-order valence-electron chi connectivity index (χ1n) is 7.91. The second-order valence-electron chi connectivity index (χ2n) is 5.91. The van der Waals surface area contributed by atoms with Crippen LogP contribution in [0.1, 0.15) is 25.7 Å². The summed E-state index contributed by atoms with van der Waals surface area (Å²) in [5, 5.41) is 5.57. The molecule has 0 aliphatic heterocycles. The number of carbonyl (C=O) groups is 2. The van der Waals surface area contributed by atoms with Crippen LogP contribution in [-0.2, 0) is 14.8 Å².